The van der Waals surface area contributed by atoms with Gasteiger partial charge in [0.2, 0.25) is 0 Å². The van der Waals surface area contributed by atoms with Crippen LogP contribution in [0.1, 0.15) is 5.56 Å². The second-order valence-corrected chi connectivity index (χ2v) is 6.74. The number of aliphatic hydroxyl groups excluding tert-OH is 4. The maximum absolute atomic E-state index is 11.9. The molecule has 0 radical (unpaired) electrons. The number of rotatable bonds is 9. The number of nitriles is 1. The molecule has 0 spiro atoms. The molecule has 0 amide bonds. The van der Waals surface area contributed by atoms with Crippen LogP contribution in [0.25, 0.3) is 6.08 Å². The summed E-state index contributed by atoms with van der Waals surface area (Å²) in [5, 5.41) is 57.2. The molecule has 32 heavy (non-hydrogen) atoms. The molecule has 1 heterocycles. The Morgan fingerprint density at radius 2 is 2.00 bits per heavy atom. The molecule has 11 nitrogen and oxygen atoms in total. The standard InChI is InChI=1S/C21H25NO10/c1-29-15-8-12(2-4-14(15)24)3-5-17(25)31-11-13(9-22)6-7-30-21-20(28)19(27)18(26)16(10-23)32-21/h2-6,8,16,18-21,23-24,26-28H,7,10-11H2,1H3/b5-3+,13-6+/t16-,18-,19-,20-,21-/m1/s1. The van der Waals surface area contributed by atoms with Crippen LogP contribution in [-0.2, 0) is 19.0 Å². The molecule has 1 aliphatic rings. The minimum atomic E-state index is -1.58. The molecule has 0 unspecified atom stereocenters. The van der Waals surface area contributed by atoms with E-state index in [0.29, 0.717) is 5.56 Å². The van der Waals surface area contributed by atoms with Gasteiger partial charge in [-0.05, 0) is 29.8 Å². The predicted molar refractivity (Wildman–Crippen MR) is 108 cm³/mol. The number of nitrogens with zero attached hydrogens (tertiary/aromatic N) is 1. The number of ether oxygens (including phenoxy) is 4. The lowest BCUT2D eigenvalue weighted by molar-refractivity contribution is -0.298. The van der Waals surface area contributed by atoms with E-state index in [0.717, 1.165) is 6.08 Å². The Bertz CT molecular complexity index is 876. The molecule has 0 aliphatic carbocycles. The number of carbonyl (C=O) groups is 1. The van der Waals surface area contributed by atoms with Crippen LogP contribution in [0.5, 0.6) is 11.5 Å². The van der Waals surface area contributed by atoms with E-state index in [4.69, 9.17) is 29.3 Å². The first-order valence-corrected chi connectivity index (χ1v) is 9.53. The summed E-state index contributed by atoms with van der Waals surface area (Å²) < 4.78 is 20.4. The van der Waals surface area contributed by atoms with Gasteiger partial charge in [-0.25, -0.2) is 4.79 Å². The molecular formula is C21H25NO10. The number of hydrogen-bond donors (Lipinski definition) is 5. The van der Waals surface area contributed by atoms with Crippen LogP contribution in [-0.4, -0.2) is 89.1 Å². The zero-order valence-corrected chi connectivity index (χ0v) is 17.2. The molecular weight excluding hydrogens is 426 g/mol. The number of benzene rings is 1. The van der Waals surface area contributed by atoms with Gasteiger partial charge in [-0.1, -0.05) is 6.07 Å². The number of phenols is 1. The molecule has 1 aliphatic heterocycles. The monoisotopic (exact) mass is 451 g/mol. The van der Waals surface area contributed by atoms with Crippen molar-refractivity contribution in [1.82, 2.24) is 0 Å². The molecule has 1 aromatic carbocycles. The third-order valence-electron chi connectivity index (χ3n) is 4.57. The quantitative estimate of drug-likeness (QED) is 0.181. The minimum Gasteiger partial charge on any atom is -0.504 e. The fourth-order valence-corrected chi connectivity index (χ4v) is 2.74. The Morgan fingerprint density at radius 3 is 2.66 bits per heavy atom. The number of methoxy groups -OCH3 is 1. The molecule has 1 fully saturated rings. The van der Waals surface area contributed by atoms with Gasteiger partial charge in [-0.3, -0.25) is 0 Å². The molecule has 2 rings (SSSR count). The van der Waals surface area contributed by atoms with E-state index >= 15 is 0 Å². The molecule has 5 atom stereocenters. The summed E-state index contributed by atoms with van der Waals surface area (Å²) in [7, 11) is 1.40. The number of aliphatic hydroxyl groups is 4. The van der Waals surface area contributed by atoms with Crippen LogP contribution >= 0.6 is 0 Å². The largest absolute Gasteiger partial charge is 0.504 e. The number of hydrogen-bond acceptors (Lipinski definition) is 11. The van der Waals surface area contributed by atoms with Gasteiger partial charge in [-0.15, -0.1) is 0 Å². The first kappa shape index (κ1) is 25.3. The maximum atomic E-state index is 11.9. The van der Waals surface area contributed by atoms with Gasteiger partial charge < -0.3 is 44.5 Å². The van der Waals surface area contributed by atoms with Crippen LogP contribution in [0.15, 0.2) is 35.9 Å². The highest BCUT2D eigenvalue weighted by atomic mass is 16.7. The minimum absolute atomic E-state index is 0.0399. The Balaban J connectivity index is 1.85. The molecule has 0 bridgehead atoms. The van der Waals surface area contributed by atoms with Crippen LogP contribution in [0.2, 0.25) is 0 Å². The highest BCUT2D eigenvalue weighted by Gasteiger charge is 2.43. The number of phenolic OH excluding ortho intramolecular Hbond substituents is 1. The number of aromatic hydroxyl groups is 1. The van der Waals surface area contributed by atoms with E-state index in [2.05, 4.69) is 0 Å². The highest BCUT2D eigenvalue weighted by Crippen LogP contribution is 2.26. The van der Waals surface area contributed by atoms with E-state index in [-0.39, 0.29) is 30.3 Å². The van der Waals surface area contributed by atoms with Gasteiger partial charge in [0, 0.05) is 6.08 Å². The molecule has 174 valence electrons. The highest BCUT2D eigenvalue weighted by molar-refractivity contribution is 5.87. The first-order valence-electron chi connectivity index (χ1n) is 9.53. The van der Waals surface area contributed by atoms with Crippen molar-refractivity contribution in [3.8, 4) is 17.6 Å². The lowest BCUT2D eigenvalue weighted by atomic mass is 9.99. The molecule has 5 N–H and O–H groups in total. The zero-order valence-electron chi connectivity index (χ0n) is 17.2. The molecule has 11 heteroatoms. The Morgan fingerprint density at radius 1 is 1.25 bits per heavy atom. The summed E-state index contributed by atoms with van der Waals surface area (Å²) in [6, 6.07) is 6.34. The fourth-order valence-electron chi connectivity index (χ4n) is 2.74. The van der Waals surface area contributed by atoms with Gasteiger partial charge >= 0.3 is 5.97 Å². The average Bonchev–Trinajstić information content (AvgIpc) is 2.80. The van der Waals surface area contributed by atoms with E-state index < -0.39 is 43.3 Å². The van der Waals surface area contributed by atoms with E-state index in [1.807, 2.05) is 6.07 Å². The Kier molecular flexibility index (Phi) is 9.61. The van der Waals surface area contributed by atoms with Crippen molar-refractivity contribution in [2.45, 2.75) is 30.7 Å². The summed E-state index contributed by atoms with van der Waals surface area (Å²) in [6.07, 6.45) is -3.21. The number of carbonyl (C=O) groups excluding carboxylic acids is 1. The van der Waals surface area contributed by atoms with E-state index in [1.54, 1.807) is 6.07 Å². The molecule has 1 aromatic rings. The summed E-state index contributed by atoms with van der Waals surface area (Å²) in [5.41, 5.74) is 0.642. The summed E-state index contributed by atoms with van der Waals surface area (Å²) in [6.45, 7) is -1.16. The van der Waals surface area contributed by atoms with Gasteiger partial charge in [-0.2, -0.15) is 5.26 Å². The van der Waals surface area contributed by atoms with Crippen molar-refractivity contribution in [3.63, 3.8) is 0 Å². The van der Waals surface area contributed by atoms with Crippen molar-refractivity contribution < 1.29 is 49.3 Å². The smallest absolute Gasteiger partial charge is 0.331 e. The van der Waals surface area contributed by atoms with E-state index in [1.165, 1.54) is 31.4 Å². The number of esters is 1. The van der Waals surface area contributed by atoms with Crippen LogP contribution in [0, 0.1) is 11.3 Å². The van der Waals surface area contributed by atoms with Crippen LogP contribution in [0.3, 0.4) is 0 Å². The Hall–Kier alpha value is -2.98. The van der Waals surface area contributed by atoms with Crippen molar-refractivity contribution in [1.29, 1.82) is 5.26 Å². The van der Waals surface area contributed by atoms with Gasteiger partial charge in [0.1, 0.15) is 31.0 Å². The molecule has 0 saturated carbocycles. The van der Waals surface area contributed by atoms with Gasteiger partial charge in [0.05, 0.1) is 32.0 Å². The topological polar surface area (TPSA) is 179 Å². The molecule has 1 saturated heterocycles. The summed E-state index contributed by atoms with van der Waals surface area (Å²) >= 11 is 0. The lowest BCUT2D eigenvalue weighted by Crippen LogP contribution is -2.59. The fraction of sp³-hybridized carbons (Fsp3) is 0.429. The van der Waals surface area contributed by atoms with Crippen molar-refractivity contribution in [2.75, 3.05) is 26.9 Å². The third kappa shape index (κ3) is 6.76. The predicted octanol–water partition coefficient (Wildman–Crippen LogP) is -0.776. The summed E-state index contributed by atoms with van der Waals surface area (Å²) in [5.74, 6) is -0.510. The van der Waals surface area contributed by atoms with Crippen molar-refractivity contribution in [2.24, 2.45) is 0 Å². The van der Waals surface area contributed by atoms with Crippen molar-refractivity contribution in [3.05, 3.63) is 41.5 Å². The zero-order chi connectivity index (χ0) is 23.7. The van der Waals surface area contributed by atoms with Gasteiger partial charge in [0.15, 0.2) is 17.8 Å². The van der Waals surface area contributed by atoms with Gasteiger partial charge in [0.25, 0.3) is 0 Å². The van der Waals surface area contributed by atoms with Crippen LogP contribution in [0.4, 0.5) is 0 Å². The van der Waals surface area contributed by atoms with Crippen molar-refractivity contribution >= 4 is 12.0 Å². The van der Waals surface area contributed by atoms with E-state index in [9.17, 15) is 25.2 Å². The lowest BCUT2D eigenvalue weighted by Gasteiger charge is -2.39. The normalized spacial score (nSPS) is 26.0. The first-order chi connectivity index (χ1) is 15.3. The summed E-state index contributed by atoms with van der Waals surface area (Å²) in [4.78, 5) is 11.9. The maximum Gasteiger partial charge on any atom is 0.331 e. The second kappa shape index (κ2) is 12.2. The SMILES string of the molecule is COc1cc(/C=C/C(=O)OC/C(C#N)=C/CO[C@@H]2O[C@H](CO)[C@@H](O)[C@@H](O)[C@H]2O)ccc1O. The second-order valence-electron chi connectivity index (χ2n) is 6.74. The average molecular weight is 451 g/mol. The third-order valence-corrected chi connectivity index (χ3v) is 4.57. The Labute approximate surface area is 183 Å². The molecule has 0 aromatic heterocycles. The van der Waals surface area contributed by atoms with Crippen LogP contribution < -0.4 is 4.74 Å².